The van der Waals surface area contributed by atoms with Gasteiger partial charge in [-0.3, -0.25) is 4.79 Å². The summed E-state index contributed by atoms with van der Waals surface area (Å²) in [5.41, 5.74) is 0.878. The first-order valence-electron chi connectivity index (χ1n) is 6.77. The zero-order valence-corrected chi connectivity index (χ0v) is 14.9. The first kappa shape index (κ1) is 16.5. The fraction of sp³-hybridized carbons (Fsp3) is 0.333. The second-order valence-electron chi connectivity index (χ2n) is 4.59. The van der Waals surface area contributed by atoms with Crippen molar-refractivity contribution in [1.29, 1.82) is 0 Å². The Morgan fingerprint density at radius 1 is 1.43 bits per heavy atom. The molecule has 0 saturated carbocycles. The first-order valence-corrected chi connectivity index (χ1v) is 8.79. The van der Waals surface area contributed by atoms with Crippen molar-refractivity contribution in [3.05, 3.63) is 33.1 Å². The average Bonchev–Trinajstić information content (AvgIpc) is 2.75. The Morgan fingerprint density at radius 2 is 2.24 bits per heavy atom. The van der Waals surface area contributed by atoms with Crippen molar-refractivity contribution >= 4 is 56.2 Å². The van der Waals surface area contributed by atoms with Crippen LogP contribution in [0, 0.1) is 0 Å². The van der Waals surface area contributed by atoms with E-state index in [9.17, 15) is 4.79 Å². The predicted octanol–water partition coefficient (Wildman–Crippen LogP) is 4.51. The molecule has 1 fully saturated rings. The van der Waals surface area contributed by atoms with Crippen LogP contribution >= 0.6 is 39.9 Å². The molecule has 1 heterocycles. The third-order valence-corrected chi connectivity index (χ3v) is 4.56. The van der Waals surface area contributed by atoms with Crippen LogP contribution in [0.5, 0.6) is 5.75 Å². The van der Waals surface area contributed by atoms with E-state index >= 15 is 0 Å². The fourth-order valence-electron chi connectivity index (χ4n) is 1.86. The Labute approximate surface area is 142 Å². The maximum absolute atomic E-state index is 11.7. The lowest BCUT2D eigenvalue weighted by molar-refractivity contribution is -0.115. The lowest BCUT2D eigenvalue weighted by Crippen LogP contribution is -2.17. The van der Waals surface area contributed by atoms with E-state index in [4.69, 9.17) is 17.0 Å². The molecule has 1 aromatic rings. The molecule has 6 heteroatoms. The second kappa shape index (κ2) is 7.96. The molecule has 1 amide bonds. The van der Waals surface area contributed by atoms with Crippen LogP contribution in [0.25, 0.3) is 6.08 Å². The van der Waals surface area contributed by atoms with Crippen molar-refractivity contribution in [2.24, 2.45) is 0 Å². The van der Waals surface area contributed by atoms with Gasteiger partial charge in [0.05, 0.1) is 11.5 Å². The maximum Gasteiger partial charge on any atom is 0.263 e. The van der Waals surface area contributed by atoms with E-state index in [1.54, 1.807) is 0 Å². The third-order valence-electron chi connectivity index (χ3n) is 2.91. The monoisotopic (exact) mass is 385 g/mol. The van der Waals surface area contributed by atoms with Gasteiger partial charge in [-0.05, 0) is 30.7 Å². The van der Waals surface area contributed by atoms with E-state index < -0.39 is 0 Å². The lowest BCUT2D eigenvalue weighted by Gasteiger charge is -2.10. The maximum atomic E-state index is 11.7. The van der Waals surface area contributed by atoms with Crippen LogP contribution in [0.2, 0.25) is 0 Å². The summed E-state index contributed by atoms with van der Waals surface area (Å²) < 4.78 is 7.27. The number of amides is 1. The number of carbonyl (C=O) groups excluding carboxylic acids is 1. The number of thioether (sulfide) groups is 1. The van der Waals surface area contributed by atoms with Gasteiger partial charge in [0, 0.05) is 10.0 Å². The summed E-state index contributed by atoms with van der Waals surface area (Å²) in [6, 6.07) is 5.79. The Balaban J connectivity index is 2.17. The Bertz CT molecular complexity index is 587. The van der Waals surface area contributed by atoms with Gasteiger partial charge in [0.1, 0.15) is 10.1 Å². The van der Waals surface area contributed by atoms with Crippen LogP contribution in [-0.2, 0) is 4.79 Å². The van der Waals surface area contributed by atoms with Crippen LogP contribution in [0.1, 0.15) is 31.7 Å². The Morgan fingerprint density at radius 3 is 2.90 bits per heavy atom. The van der Waals surface area contributed by atoms with Crippen molar-refractivity contribution in [3.8, 4) is 5.75 Å². The first-order chi connectivity index (χ1) is 10.1. The summed E-state index contributed by atoms with van der Waals surface area (Å²) >= 11 is 9.72. The van der Waals surface area contributed by atoms with Gasteiger partial charge in [0.15, 0.2) is 0 Å². The van der Waals surface area contributed by atoms with Gasteiger partial charge in [-0.25, -0.2) is 0 Å². The van der Waals surface area contributed by atoms with Crippen molar-refractivity contribution in [2.75, 3.05) is 6.61 Å². The highest BCUT2D eigenvalue weighted by molar-refractivity contribution is 9.10. The molecule has 3 nitrogen and oxygen atoms in total. The van der Waals surface area contributed by atoms with Crippen LogP contribution in [0.15, 0.2) is 27.6 Å². The van der Waals surface area contributed by atoms with Crippen LogP contribution in [-0.4, -0.2) is 16.8 Å². The van der Waals surface area contributed by atoms with Crippen molar-refractivity contribution < 1.29 is 9.53 Å². The molecule has 0 radical (unpaired) electrons. The summed E-state index contributed by atoms with van der Waals surface area (Å²) in [5.74, 6) is 0.634. The van der Waals surface area contributed by atoms with E-state index in [0.29, 0.717) is 15.8 Å². The molecule has 0 aromatic heterocycles. The molecule has 0 spiro atoms. The molecular formula is C15H16BrNO2S2. The summed E-state index contributed by atoms with van der Waals surface area (Å²) in [6.07, 6.45) is 5.16. The van der Waals surface area contributed by atoms with Crippen molar-refractivity contribution in [2.45, 2.75) is 26.2 Å². The van der Waals surface area contributed by atoms with E-state index in [1.165, 1.54) is 11.8 Å². The Hall–Kier alpha value is -0.850. The van der Waals surface area contributed by atoms with Crippen molar-refractivity contribution in [3.63, 3.8) is 0 Å². The van der Waals surface area contributed by atoms with E-state index in [-0.39, 0.29) is 5.91 Å². The van der Waals surface area contributed by atoms with Crippen LogP contribution in [0.3, 0.4) is 0 Å². The molecule has 0 aliphatic carbocycles. The molecule has 1 aliphatic rings. The summed E-state index contributed by atoms with van der Waals surface area (Å²) in [6.45, 7) is 2.84. The van der Waals surface area contributed by atoms with Gasteiger partial charge >= 0.3 is 0 Å². The van der Waals surface area contributed by atoms with E-state index in [0.717, 1.165) is 35.0 Å². The quantitative estimate of drug-likeness (QED) is 0.444. The fourth-order valence-corrected chi connectivity index (χ4v) is 3.27. The number of ether oxygens (including phenoxy) is 1. The smallest absolute Gasteiger partial charge is 0.263 e. The van der Waals surface area contributed by atoms with Gasteiger partial charge in [0.25, 0.3) is 5.91 Å². The number of hydrogen-bond donors (Lipinski definition) is 1. The average molecular weight is 386 g/mol. The molecule has 1 saturated heterocycles. The number of hydrogen-bond acceptors (Lipinski definition) is 4. The van der Waals surface area contributed by atoms with Gasteiger partial charge in [0.2, 0.25) is 0 Å². The standard InChI is InChI=1S/C15H16BrNO2S2/c1-2-3-4-7-19-12-6-5-11(16)8-10(12)9-13-14(18)17-15(20)21-13/h5-6,8-9H,2-4,7H2,1H3,(H,17,18,20). The number of benzene rings is 1. The lowest BCUT2D eigenvalue weighted by atomic mass is 10.2. The van der Waals surface area contributed by atoms with E-state index in [1.807, 2.05) is 24.3 Å². The SMILES string of the molecule is CCCCCOc1ccc(Br)cc1C=C1SC(=S)NC1=O. The normalized spacial score (nSPS) is 16.4. The molecular weight excluding hydrogens is 370 g/mol. The minimum atomic E-state index is -0.151. The highest BCUT2D eigenvalue weighted by Crippen LogP contribution is 2.31. The summed E-state index contributed by atoms with van der Waals surface area (Å²) in [7, 11) is 0. The van der Waals surface area contributed by atoms with Gasteiger partial charge in [-0.2, -0.15) is 0 Å². The van der Waals surface area contributed by atoms with Crippen LogP contribution < -0.4 is 10.1 Å². The minimum absolute atomic E-state index is 0.151. The Kier molecular flexibility index (Phi) is 6.26. The number of nitrogens with one attached hydrogen (secondary N) is 1. The number of halogens is 1. The van der Waals surface area contributed by atoms with Gasteiger partial charge in [-0.1, -0.05) is 59.7 Å². The molecule has 0 atom stereocenters. The highest BCUT2D eigenvalue weighted by Gasteiger charge is 2.22. The zero-order chi connectivity index (χ0) is 15.2. The topological polar surface area (TPSA) is 38.3 Å². The summed E-state index contributed by atoms with van der Waals surface area (Å²) in [5, 5.41) is 2.62. The molecule has 1 aromatic carbocycles. The predicted molar refractivity (Wildman–Crippen MR) is 95.5 cm³/mol. The van der Waals surface area contributed by atoms with Crippen molar-refractivity contribution in [1.82, 2.24) is 5.32 Å². The zero-order valence-electron chi connectivity index (χ0n) is 11.6. The number of carbonyl (C=O) groups is 1. The second-order valence-corrected chi connectivity index (χ2v) is 7.22. The number of thiocarbonyl (C=S) groups is 1. The number of rotatable bonds is 6. The number of unbranched alkanes of at least 4 members (excludes halogenated alkanes) is 2. The molecule has 112 valence electrons. The van der Waals surface area contributed by atoms with Crippen LogP contribution in [0.4, 0.5) is 0 Å². The highest BCUT2D eigenvalue weighted by atomic mass is 79.9. The molecule has 0 bridgehead atoms. The van der Waals surface area contributed by atoms with Gasteiger partial charge in [-0.15, -0.1) is 0 Å². The molecule has 0 unspecified atom stereocenters. The largest absolute Gasteiger partial charge is 0.493 e. The summed E-state index contributed by atoms with van der Waals surface area (Å²) in [4.78, 5) is 12.3. The van der Waals surface area contributed by atoms with E-state index in [2.05, 4.69) is 28.2 Å². The minimum Gasteiger partial charge on any atom is -0.493 e. The third kappa shape index (κ3) is 4.83. The van der Waals surface area contributed by atoms with Gasteiger partial charge < -0.3 is 10.1 Å². The molecule has 2 rings (SSSR count). The molecule has 1 N–H and O–H groups in total. The molecule has 1 aliphatic heterocycles. The molecule has 21 heavy (non-hydrogen) atoms.